The molecule has 0 aliphatic rings. The number of nitriles is 1. The van der Waals surface area contributed by atoms with Crippen LogP contribution in [0.5, 0.6) is 5.75 Å². The van der Waals surface area contributed by atoms with E-state index in [1.54, 1.807) is 24.3 Å². The number of anilines is 1. The van der Waals surface area contributed by atoms with Gasteiger partial charge in [-0.15, -0.1) is 0 Å². The monoisotopic (exact) mass is 445 g/mol. The molecule has 0 saturated heterocycles. The number of para-hydroxylation sites is 1. The van der Waals surface area contributed by atoms with Gasteiger partial charge in [-0.1, -0.05) is 41.9 Å². The molecule has 140 valence electrons. The van der Waals surface area contributed by atoms with E-state index in [9.17, 15) is 4.79 Å². The molecule has 0 aliphatic carbocycles. The summed E-state index contributed by atoms with van der Waals surface area (Å²) in [6.07, 6.45) is 0. The number of nitrogens with zero attached hydrogens (tertiary/aromatic N) is 1. The molecule has 0 heterocycles. The van der Waals surface area contributed by atoms with Crippen LogP contribution in [0.3, 0.4) is 0 Å². The minimum absolute atomic E-state index is 0.113. The summed E-state index contributed by atoms with van der Waals surface area (Å²) in [4.78, 5) is 12.2. The first-order valence-electron chi connectivity index (χ1n) is 8.34. The number of ether oxygens (including phenoxy) is 1. The van der Waals surface area contributed by atoms with Gasteiger partial charge in [-0.3, -0.25) is 10.1 Å². The molecule has 0 unspecified atom stereocenters. The lowest BCUT2D eigenvalue weighted by molar-refractivity contribution is -0.121. The molecule has 7 heteroatoms. The molecule has 0 aliphatic heterocycles. The van der Waals surface area contributed by atoms with E-state index in [2.05, 4.69) is 46.5 Å². The number of thiocarbonyl (C=S) groups is 1. The predicted molar refractivity (Wildman–Crippen MR) is 114 cm³/mol. The Morgan fingerprint density at radius 2 is 2.04 bits per heavy atom. The van der Waals surface area contributed by atoms with Crippen molar-refractivity contribution in [1.29, 1.82) is 5.26 Å². The highest BCUT2D eigenvalue weighted by Crippen LogP contribution is 2.32. The topological polar surface area (TPSA) is 74.2 Å². The van der Waals surface area contributed by atoms with Crippen LogP contribution in [0, 0.1) is 18.3 Å². The van der Waals surface area contributed by atoms with Gasteiger partial charge in [0.2, 0.25) is 0 Å². The highest BCUT2D eigenvalue weighted by atomic mass is 79.9. The molecule has 1 amide bonds. The van der Waals surface area contributed by atoms with Crippen molar-refractivity contribution in [2.75, 3.05) is 11.9 Å². The SMILES string of the molecule is Cc1cc(OCC(=O)NC(=S)Nc2ccccc2C#N)c(C(C)C)cc1Br. The first-order valence-corrected chi connectivity index (χ1v) is 9.54. The van der Waals surface area contributed by atoms with Crippen molar-refractivity contribution in [1.82, 2.24) is 5.32 Å². The number of rotatable bonds is 5. The third-order valence-electron chi connectivity index (χ3n) is 3.82. The molecule has 0 fully saturated rings. The van der Waals surface area contributed by atoms with Crippen LogP contribution in [0.25, 0.3) is 0 Å². The number of aryl methyl sites for hydroxylation is 1. The van der Waals surface area contributed by atoms with Crippen molar-refractivity contribution in [2.24, 2.45) is 0 Å². The summed E-state index contributed by atoms with van der Waals surface area (Å²) in [6.45, 7) is 5.93. The van der Waals surface area contributed by atoms with E-state index in [1.165, 1.54) is 0 Å². The third kappa shape index (κ3) is 5.78. The van der Waals surface area contributed by atoms with Crippen LogP contribution in [0.15, 0.2) is 40.9 Å². The van der Waals surface area contributed by atoms with E-state index in [0.29, 0.717) is 17.0 Å². The Morgan fingerprint density at radius 3 is 2.70 bits per heavy atom. The second-order valence-corrected chi connectivity index (χ2v) is 7.50. The van der Waals surface area contributed by atoms with Gasteiger partial charge >= 0.3 is 0 Å². The highest BCUT2D eigenvalue weighted by molar-refractivity contribution is 9.10. The van der Waals surface area contributed by atoms with E-state index in [-0.39, 0.29) is 23.5 Å². The molecule has 5 nitrogen and oxygen atoms in total. The Kier molecular flexibility index (Phi) is 7.34. The summed E-state index contributed by atoms with van der Waals surface area (Å²) in [5.74, 6) is 0.553. The normalized spacial score (nSPS) is 10.2. The van der Waals surface area contributed by atoms with Gasteiger partial charge < -0.3 is 10.1 Å². The number of hydrogen-bond acceptors (Lipinski definition) is 4. The molecule has 2 aromatic carbocycles. The second kappa shape index (κ2) is 9.49. The first kappa shape index (κ1) is 20.9. The average molecular weight is 446 g/mol. The number of carbonyl (C=O) groups excluding carboxylic acids is 1. The maximum absolute atomic E-state index is 12.2. The molecule has 0 radical (unpaired) electrons. The minimum atomic E-state index is -0.378. The molecule has 0 atom stereocenters. The Bertz CT molecular complexity index is 907. The molecule has 0 bridgehead atoms. The van der Waals surface area contributed by atoms with E-state index >= 15 is 0 Å². The van der Waals surface area contributed by atoms with Gasteiger partial charge in [-0.05, 0) is 60.5 Å². The fourth-order valence-electron chi connectivity index (χ4n) is 2.40. The van der Waals surface area contributed by atoms with Gasteiger partial charge in [0.1, 0.15) is 11.8 Å². The van der Waals surface area contributed by atoms with Crippen molar-refractivity contribution in [3.63, 3.8) is 0 Å². The summed E-state index contributed by atoms with van der Waals surface area (Å²) < 4.78 is 6.72. The standard InChI is InChI=1S/C20H20BrN3O2S/c1-12(2)15-9-16(21)13(3)8-18(15)26-11-19(25)24-20(27)23-17-7-5-4-6-14(17)10-22/h4-9,12H,11H2,1-3H3,(H2,23,24,25,27). The Morgan fingerprint density at radius 1 is 1.33 bits per heavy atom. The molecule has 0 saturated carbocycles. The second-order valence-electron chi connectivity index (χ2n) is 6.24. The number of benzene rings is 2. The Hall–Kier alpha value is -2.43. The van der Waals surface area contributed by atoms with Gasteiger partial charge in [-0.2, -0.15) is 5.26 Å². The predicted octanol–water partition coefficient (Wildman–Crippen LogP) is 4.64. The summed E-state index contributed by atoms with van der Waals surface area (Å²) >= 11 is 8.66. The molecular weight excluding hydrogens is 426 g/mol. The highest BCUT2D eigenvalue weighted by Gasteiger charge is 2.13. The quantitative estimate of drug-likeness (QED) is 0.655. The number of carbonyl (C=O) groups is 1. The lowest BCUT2D eigenvalue weighted by atomic mass is 10.0. The molecule has 0 spiro atoms. The number of hydrogen-bond donors (Lipinski definition) is 2. The zero-order valence-corrected chi connectivity index (χ0v) is 17.7. The molecule has 2 N–H and O–H groups in total. The summed E-state index contributed by atoms with van der Waals surface area (Å²) in [5, 5.41) is 14.6. The zero-order valence-electron chi connectivity index (χ0n) is 15.3. The van der Waals surface area contributed by atoms with Crippen LogP contribution >= 0.6 is 28.1 Å². The van der Waals surface area contributed by atoms with E-state index in [1.807, 2.05) is 19.1 Å². The summed E-state index contributed by atoms with van der Waals surface area (Å²) in [6, 6.07) is 12.9. The summed E-state index contributed by atoms with van der Waals surface area (Å²) in [5.41, 5.74) is 3.03. The lowest BCUT2D eigenvalue weighted by Crippen LogP contribution is -2.37. The Balaban J connectivity index is 1.98. The van der Waals surface area contributed by atoms with Gasteiger partial charge in [0.25, 0.3) is 5.91 Å². The van der Waals surface area contributed by atoms with Crippen molar-refractivity contribution in [3.8, 4) is 11.8 Å². The van der Waals surface area contributed by atoms with Gasteiger partial charge in [-0.25, -0.2) is 0 Å². The van der Waals surface area contributed by atoms with Crippen LogP contribution in [0.1, 0.15) is 36.5 Å². The molecule has 0 aromatic heterocycles. The first-order chi connectivity index (χ1) is 12.8. The van der Waals surface area contributed by atoms with E-state index in [4.69, 9.17) is 22.2 Å². The van der Waals surface area contributed by atoms with Crippen molar-refractivity contribution in [2.45, 2.75) is 26.7 Å². The average Bonchev–Trinajstić information content (AvgIpc) is 2.62. The number of nitrogens with one attached hydrogen (secondary N) is 2. The van der Waals surface area contributed by atoms with Crippen molar-refractivity contribution in [3.05, 3.63) is 57.6 Å². The van der Waals surface area contributed by atoms with Crippen LogP contribution in [0.2, 0.25) is 0 Å². The van der Waals surface area contributed by atoms with Gasteiger partial charge in [0.05, 0.1) is 11.3 Å². The van der Waals surface area contributed by atoms with E-state index < -0.39 is 0 Å². The lowest BCUT2D eigenvalue weighted by Gasteiger charge is -2.16. The molecular formula is C20H20BrN3O2S. The van der Waals surface area contributed by atoms with Crippen molar-refractivity contribution < 1.29 is 9.53 Å². The summed E-state index contributed by atoms with van der Waals surface area (Å²) in [7, 11) is 0. The molecule has 2 rings (SSSR count). The maximum atomic E-state index is 12.2. The largest absolute Gasteiger partial charge is 0.483 e. The van der Waals surface area contributed by atoms with Crippen LogP contribution in [-0.2, 0) is 4.79 Å². The van der Waals surface area contributed by atoms with Crippen LogP contribution < -0.4 is 15.4 Å². The molecule has 2 aromatic rings. The smallest absolute Gasteiger partial charge is 0.264 e. The molecule has 27 heavy (non-hydrogen) atoms. The number of halogens is 1. The number of amides is 1. The maximum Gasteiger partial charge on any atom is 0.264 e. The third-order valence-corrected chi connectivity index (χ3v) is 4.88. The van der Waals surface area contributed by atoms with Gasteiger partial charge in [0.15, 0.2) is 11.7 Å². The van der Waals surface area contributed by atoms with Crippen LogP contribution in [0.4, 0.5) is 5.69 Å². The van der Waals surface area contributed by atoms with E-state index in [0.717, 1.165) is 15.6 Å². The Labute approximate surface area is 172 Å². The van der Waals surface area contributed by atoms with Crippen LogP contribution in [-0.4, -0.2) is 17.6 Å². The zero-order chi connectivity index (χ0) is 20.0. The fourth-order valence-corrected chi connectivity index (χ4v) is 2.98. The fraction of sp³-hybridized carbons (Fsp3) is 0.250. The minimum Gasteiger partial charge on any atom is -0.483 e. The van der Waals surface area contributed by atoms with Crippen molar-refractivity contribution >= 4 is 44.9 Å². The van der Waals surface area contributed by atoms with Gasteiger partial charge in [0, 0.05) is 4.47 Å².